The Morgan fingerprint density at radius 2 is 1.84 bits per heavy atom. The molecule has 0 atom stereocenters. The number of carbonyl (C=O) groups excluding carboxylic acids is 1. The number of hydrogen-bond acceptors (Lipinski definition) is 4. The molecule has 0 aliphatic rings. The van der Waals surface area contributed by atoms with Gasteiger partial charge in [0.1, 0.15) is 0 Å². The number of aromatic carboxylic acids is 1. The summed E-state index contributed by atoms with van der Waals surface area (Å²) in [6.45, 7) is 1.44. The van der Waals surface area contributed by atoms with Gasteiger partial charge >= 0.3 is 5.97 Å². The van der Waals surface area contributed by atoms with E-state index in [4.69, 9.17) is 9.52 Å². The summed E-state index contributed by atoms with van der Waals surface area (Å²) in [6.07, 6.45) is 0. The molecule has 2 aromatic rings. The summed E-state index contributed by atoms with van der Waals surface area (Å²) < 4.78 is 5.14. The van der Waals surface area contributed by atoms with Gasteiger partial charge in [0.2, 0.25) is 11.7 Å². The second kappa shape index (κ2) is 5.62. The van der Waals surface area contributed by atoms with Gasteiger partial charge < -0.3 is 14.8 Å². The molecule has 1 aromatic heterocycles. The molecule has 1 aromatic carbocycles. The number of carboxylic acid groups (broad SMARTS) is 1. The molecule has 1 amide bonds. The Kier molecular flexibility index (Phi) is 3.91. The summed E-state index contributed by atoms with van der Waals surface area (Å²) in [6, 6.07) is 10.2. The quantitative estimate of drug-likeness (QED) is 0.897. The maximum Gasteiger partial charge on any atom is 0.371 e. The van der Waals surface area contributed by atoms with Gasteiger partial charge in [0.25, 0.3) is 0 Å². The van der Waals surface area contributed by atoms with E-state index >= 15 is 0 Å². The van der Waals surface area contributed by atoms with Crippen molar-refractivity contribution in [2.75, 3.05) is 5.32 Å². The first-order valence-corrected chi connectivity index (χ1v) is 6.25. The van der Waals surface area contributed by atoms with E-state index in [2.05, 4.69) is 5.32 Å². The third-order valence-corrected chi connectivity index (χ3v) is 3.11. The number of hydrogen-bond donors (Lipinski definition) is 2. The highest BCUT2D eigenvalue weighted by Crippen LogP contribution is 2.30. The summed E-state index contributed by atoms with van der Waals surface area (Å²) in [5.41, 5.74) is 0.711. The van der Waals surface area contributed by atoms with Crippen LogP contribution in [0.25, 0.3) is 0 Å². The van der Waals surface area contributed by atoms with Gasteiger partial charge in [0, 0.05) is 17.5 Å². The van der Waals surface area contributed by atoms with E-state index in [9.17, 15) is 9.59 Å². The van der Waals surface area contributed by atoms with E-state index in [0.29, 0.717) is 10.8 Å². The molecule has 2 rings (SSSR count). The molecule has 0 aliphatic carbocycles. The van der Waals surface area contributed by atoms with Crippen molar-refractivity contribution in [2.24, 2.45) is 0 Å². The van der Waals surface area contributed by atoms with Crippen LogP contribution < -0.4 is 5.32 Å². The predicted molar refractivity (Wildman–Crippen MR) is 70.5 cm³/mol. The molecule has 6 heteroatoms. The Morgan fingerprint density at radius 1 is 1.16 bits per heavy atom. The summed E-state index contributed by atoms with van der Waals surface area (Å²) in [7, 11) is 0. The van der Waals surface area contributed by atoms with Crippen LogP contribution in [0.15, 0.2) is 50.8 Å². The molecule has 0 fully saturated rings. The smallest absolute Gasteiger partial charge is 0.371 e. The number of furan rings is 1. The molecule has 0 spiro atoms. The fraction of sp³-hybridized carbons (Fsp3) is 0.0769. The molecule has 0 unspecified atom stereocenters. The van der Waals surface area contributed by atoms with Gasteiger partial charge in [-0.3, -0.25) is 4.79 Å². The average molecular weight is 277 g/mol. The lowest BCUT2D eigenvalue weighted by molar-refractivity contribution is -0.114. The van der Waals surface area contributed by atoms with Crippen molar-refractivity contribution in [3.05, 3.63) is 42.2 Å². The Morgan fingerprint density at radius 3 is 2.37 bits per heavy atom. The molecule has 2 N–H and O–H groups in total. The van der Waals surface area contributed by atoms with E-state index in [1.807, 2.05) is 12.1 Å². The van der Waals surface area contributed by atoms with E-state index in [-0.39, 0.29) is 11.7 Å². The molecule has 0 saturated carbocycles. The lowest BCUT2D eigenvalue weighted by Crippen LogP contribution is -2.05. The largest absolute Gasteiger partial charge is 0.475 e. The van der Waals surface area contributed by atoms with E-state index in [0.717, 1.165) is 4.90 Å². The zero-order valence-corrected chi connectivity index (χ0v) is 10.9. The van der Waals surface area contributed by atoms with Crippen LogP contribution >= 0.6 is 11.8 Å². The van der Waals surface area contributed by atoms with Gasteiger partial charge in [-0.2, -0.15) is 0 Å². The SMILES string of the molecule is CC(=O)Nc1ccc(Sc2ccc(C(=O)O)o2)cc1. The van der Waals surface area contributed by atoms with Gasteiger partial charge in [-0.05, 0) is 36.4 Å². The number of carbonyl (C=O) groups is 2. The van der Waals surface area contributed by atoms with Gasteiger partial charge in [-0.25, -0.2) is 4.79 Å². The number of rotatable bonds is 4. The van der Waals surface area contributed by atoms with Crippen LogP contribution in [-0.2, 0) is 4.79 Å². The average Bonchev–Trinajstić information content (AvgIpc) is 2.80. The highest BCUT2D eigenvalue weighted by Gasteiger charge is 2.09. The van der Waals surface area contributed by atoms with Crippen LogP contribution in [0.2, 0.25) is 0 Å². The monoisotopic (exact) mass is 277 g/mol. The molecule has 98 valence electrons. The zero-order valence-electron chi connectivity index (χ0n) is 10.0. The first-order chi connectivity index (χ1) is 9.04. The van der Waals surface area contributed by atoms with Crippen molar-refractivity contribution in [3.63, 3.8) is 0 Å². The highest BCUT2D eigenvalue weighted by molar-refractivity contribution is 7.99. The van der Waals surface area contributed by atoms with Crippen LogP contribution in [0.4, 0.5) is 5.69 Å². The molecule has 0 radical (unpaired) electrons. The van der Waals surface area contributed by atoms with Gasteiger partial charge in [0.15, 0.2) is 5.09 Å². The lowest BCUT2D eigenvalue weighted by Gasteiger charge is -2.03. The maximum absolute atomic E-state index is 10.9. The van der Waals surface area contributed by atoms with E-state index in [1.165, 1.54) is 24.8 Å². The van der Waals surface area contributed by atoms with Gasteiger partial charge in [-0.1, -0.05) is 11.8 Å². The minimum atomic E-state index is -1.09. The Bertz CT molecular complexity index is 603. The third-order valence-electron chi connectivity index (χ3n) is 2.19. The fourth-order valence-corrected chi connectivity index (χ4v) is 2.19. The zero-order chi connectivity index (χ0) is 13.8. The number of nitrogens with one attached hydrogen (secondary N) is 1. The van der Waals surface area contributed by atoms with Crippen LogP contribution in [-0.4, -0.2) is 17.0 Å². The van der Waals surface area contributed by atoms with Crippen LogP contribution in [0.5, 0.6) is 0 Å². The normalized spacial score (nSPS) is 10.2. The number of anilines is 1. The van der Waals surface area contributed by atoms with E-state index < -0.39 is 5.97 Å². The van der Waals surface area contributed by atoms with Crippen LogP contribution in [0.3, 0.4) is 0 Å². The number of carboxylic acids is 1. The molecule has 1 heterocycles. The molecule has 19 heavy (non-hydrogen) atoms. The Balaban J connectivity index is 2.06. The van der Waals surface area contributed by atoms with Gasteiger partial charge in [0.05, 0.1) is 0 Å². The molecule has 0 saturated heterocycles. The van der Waals surface area contributed by atoms with Gasteiger partial charge in [-0.15, -0.1) is 0 Å². The Hall–Kier alpha value is -2.21. The Labute approximate surface area is 113 Å². The molecule has 0 aliphatic heterocycles. The minimum Gasteiger partial charge on any atom is -0.475 e. The van der Waals surface area contributed by atoms with Crippen molar-refractivity contribution < 1.29 is 19.1 Å². The standard InChI is InChI=1S/C13H11NO4S/c1-8(15)14-9-2-4-10(5-3-9)19-12-7-6-11(18-12)13(16)17/h2-7H,1H3,(H,14,15)(H,16,17). The molecule has 0 bridgehead atoms. The summed E-state index contributed by atoms with van der Waals surface area (Å²) >= 11 is 1.31. The topological polar surface area (TPSA) is 79.5 Å². The third kappa shape index (κ3) is 3.62. The lowest BCUT2D eigenvalue weighted by atomic mass is 10.3. The number of benzene rings is 1. The van der Waals surface area contributed by atoms with Crippen molar-refractivity contribution in [1.29, 1.82) is 0 Å². The van der Waals surface area contributed by atoms with Crippen molar-refractivity contribution in [2.45, 2.75) is 16.9 Å². The minimum absolute atomic E-state index is 0.0858. The molecular formula is C13H11NO4S. The number of amides is 1. The first kappa shape index (κ1) is 13.2. The molecule has 5 nitrogen and oxygen atoms in total. The van der Waals surface area contributed by atoms with E-state index in [1.54, 1.807) is 18.2 Å². The van der Waals surface area contributed by atoms with Crippen molar-refractivity contribution >= 4 is 29.3 Å². The second-order valence-electron chi connectivity index (χ2n) is 3.73. The predicted octanol–water partition coefficient (Wildman–Crippen LogP) is 3.09. The highest BCUT2D eigenvalue weighted by atomic mass is 32.2. The fourth-order valence-electron chi connectivity index (χ4n) is 1.42. The summed E-state index contributed by atoms with van der Waals surface area (Å²) in [4.78, 5) is 22.4. The summed E-state index contributed by atoms with van der Waals surface area (Å²) in [5, 5.41) is 11.9. The molecular weight excluding hydrogens is 266 g/mol. The summed E-state index contributed by atoms with van der Waals surface area (Å²) in [5.74, 6) is -1.30. The van der Waals surface area contributed by atoms with Crippen molar-refractivity contribution in [3.8, 4) is 0 Å². The van der Waals surface area contributed by atoms with Crippen LogP contribution in [0.1, 0.15) is 17.5 Å². The maximum atomic E-state index is 10.9. The first-order valence-electron chi connectivity index (χ1n) is 5.43. The van der Waals surface area contributed by atoms with Crippen molar-refractivity contribution in [1.82, 2.24) is 0 Å². The second-order valence-corrected chi connectivity index (χ2v) is 4.81. The van der Waals surface area contributed by atoms with Crippen LogP contribution in [0, 0.1) is 0 Å².